The second-order valence-corrected chi connectivity index (χ2v) is 7.05. The third kappa shape index (κ3) is 3.97. The number of carbonyl (C=O) groups is 2. The third-order valence-electron chi connectivity index (χ3n) is 3.48. The van der Waals surface area contributed by atoms with E-state index < -0.39 is 23.2 Å². The number of aliphatic carboxylic acids is 1. The molecule has 0 saturated carbocycles. The molecule has 2 rings (SSSR count). The minimum absolute atomic E-state index is 0.0353. The maximum absolute atomic E-state index is 13.4. The summed E-state index contributed by atoms with van der Waals surface area (Å²) in [6.45, 7) is 0. The van der Waals surface area contributed by atoms with Crippen LogP contribution in [0.15, 0.2) is 22.7 Å². The number of carbonyl (C=O) groups excluding carboxylic acids is 1. The van der Waals surface area contributed by atoms with Gasteiger partial charge in [-0.2, -0.15) is 11.8 Å². The van der Waals surface area contributed by atoms with Crippen molar-refractivity contribution in [3.05, 3.63) is 34.1 Å². The maximum atomic E-state index is 13.4. The Kier molecular flexibility index (Phi) is 5.27. The van der Waals surface area contributed by atoms with Crippen molar-refractivity contribution in [2.75, 3.05) is 11.5 Å². The number of carboxylic acid groups (broad SMARTS) is 1. The zero-order valence-corrected chi connectivity index (χ0v) is 13.6. The summed E-state index contributed by atoms with van der Waals surface area (Å²) >= 11 is 4.73. The van der Waals surface area contributed by atoms with Crippen LogP contribution in [-0.2, 0) is 16.0 Å². The highest BCUT2D eigenvalue weighted by atomic mass is 79.9. The summed E-state index contributed by atoms with van der Waals surface area (Å²) in [6.07, 6.45) is 0.785. The molecule has 0 spiro atoms. The number of rotatable bonds is 4. The molecule has 4 nitrogen and oxygen atoms in total. The van der Waals surface area contributed by atoms with E-state index in [2.05, 4.69) is 21.2 Å². The smallest absolute Gasteiger partial charge is 0.329 e. The lowest BCUT2D eigenvalue weighted by Crippen LogP contribution is -2.56. The van der Waals surface area contributed by atoms with Crippen molar-refractivity contribution >= 4 is 39.6 Å². The summed E-state index contributed by atoms with van der Waals surface area (Å²) < 4.78 is 13.7. The van der Waals surface area contributed by atoms with Gasteiger partial charge < -0.3 is 10.4 Å². The van der Waals surface area contributed by atoms with E-state index in [4.69, 9.17) is 0 Å². The van der Waals surface area contributed by atoms with Gasteiger partial charge in [-0.05, 0) is 58.0 Å². The predicted octanol–water partition coefficient (Wildman–Crippen LogP) is 2.60. The summed E-state index contributed by atoms with van der Waals surface area (Å²) in [5, 5.41) is 12.0. The normalized spacial score (nSPS) is 17.2. The lowest BCUT2D eigenvalue weighted by molar-refractivity contribution is -0.148. The Hall–Kier alpha value is -1.08. The Balaban J connectivity index is 2.05. The second kappa shape index (κ2) is 6.79. The average molecular weight is 376 g/mol. The molecule has 0 bridgehead atoms. The molecule has 114 valence electrons. The number of carboxylic acids is 1. The van der Waals surface area contributed by atoms with E-state index in [1.807, 2.05) is 0 Å². The van der Waals surface area contributed by atoms with Crippen LogP contribution in [0.2, 0.25) is 0 Å². The standard InChI is InChI=1S/C14H15BrFNO3S/c15-10-2-1-9(7-11(10)16)8-12(18)17-14(13(19)20)3-5-21-6-4-14/h1-2,7H,3-6,8H2,(H,17,18)(H,19,20). The van der Waals surface area contributed by atoms with Gasteiger partial charge in [0.1, 0.15) is 11.4 Å². The maximum Gasteiger partial charge on any atom is 0.329 e. The molecular formula is C14H15BrFNO3S. The van der Waals surface area contributed by atoms with Crippen molar-refractivity contribution in [2.45, 2.75) is 24.8 Å². The van der Waals surface area contributed by atoms with Crippen LogP contribution >= 0.6 is 27.7 Å². The van der Waals surface area contributed by atoms with Gasteiger partial charge in [-0.25, -0.2) is 9.18 Å². The quantitative estimate of drug-likeness (QED) is 0.848. The first kappa shape index (κ1) is 16.3. The molecule has 1 aromatic carbocycles. The van der Waals surface area contributed by atoms with Gasteiger partial charge in [-0.3, -0.25) is 4.79 Å². The van der Waals surface area contributed by atoms with E-state index in [-0.39, 0.29) is 6.42 Å². The summed E-state index contributed by atoms with van der Waals surface area (Å²) in [5.41, 5.74) is -0.671. The van der Waals surface area contributed by atoms with E-state index >= 15 is 0 Å². The fraction of sp³-hybridized carbons (Fsp3) is 0.429. The zero-order valence-electron chi connectivity index (χ0n) is 11.2. The van der Waals surface area contributed by atoms with Gasteiger partial charge in [0.15, 0.2) is 0 Å². The molecule has 0 aliphatic carbocycles. The molecule has 0 atom stereocenters. The van der Waals surface area contributed by atoms with Crippen LogP contribution < -0.4 is 5.32 Å². The van der Waals surface area contributed by atoms with Crippen molar-refractivity contribution in [1.29, 1.82) is 0 Å². The van der Waals surface area contributed by atoms with E-state index in [0.29, 0.717) is 34.4 Å². The summed E-state index contributed by atoms with van der Waals surface area (Å²) in [7, 11) is 0. The molecular weight excluding hydrogens is 361 g/mol. The van der Waals surface area contributed by atoms with E-state index in [1.165, 1.54) is 12.1 Å². The van der Waals surface area contributed by atoms with Gasteiger partial charge in [-0.15, -0.1) is 0 Å². The van der Waals surface area contributed by atoms with Crippen LogP contribution in [0, 0.1) is 5.82 Å². The Labute approximate surface area is 134 Å². The largest absolute Gasteiger partial charge is 0.480 e. The number of hydrogen-bond donors (Lipinski definition) is 2. The monoisotopic (exact) mass is 375 g/mol. The molecule has 0 radical (unpaired) electrons. The van der Waals surface area contributed by atoms with Gasteiger partial charge in [0.2, 0.25) is 5.91 Å². The fourth-order valence-corrected chi connectivity index (χ4v) is 3.69. The predicted molar refractivity (Wildman–Crippen MR) is 82.9 cm³/mol. The SMILES string of the molecule is O=C(Cc1ccc(Br)c(F)c1)NC1(C(=O)O)CCSCC1. The van der Waals surface area contributed by atoms with Crippen LogP contribution in [0.5, 0.6) is 0 Å². The van der Waals surface area contributed by atoms with Crippen LogP contribution in [0.1, 0.15) is 18.4 Å². The van der Waals surface area contributed by atoms with Gasteiger partial charge in [0.25, 0.3) is 0 Å². The highest BCUT2D eigenvalue weighted by Gasteiger charge is 2.41. The van der Waals surface area contributed by atoms with Crippen molar-refractivity contribution in [1.82, 2.24) is 5.32 Å². The first-order chi connectivity index (χ1) is 9.93. The summed E-state index contributed by atoms with van der Waals surface area (Å²) in [5.74, 6) is -0.426. The van der Waals surface area contributed by atoms with Crippen molar-refractivity contribution in [3.8, 4) is 0 Å². The lowest BCUT2D eigenvalue weighted by Gasteiger charge is -2.33. The summed E-state index contributed by atoms with van der Waals surface area (Å²) in [4.78, 5) is 23.5. The van der Waals surface area contributed by atoms with Gasteiger partial charge in [0, 0.05) is 0 Å². The highest BCUT2D eigenvalue weighted by Crippen LogP contribution is 2.27. The Morgan fingerprint density at radius 2 is 2.05 bits per heavy atom. The van der Waals surface area contributed by atoms with Crippen LogP contribution in [0.25, 0.3) is 0 Å². The first-order valence-electron chi connectivity index (χ1n) is 6.49. The minimum Gasteiger partial charge on any atom is -0.480 e. The number of halogens is 2. The van der Waals surface area contributed by atoms with Crippen molar-refractivity contribution < 1.29 is 19.1 Å². The van der Waals surface area contributed by atoms with Crippen molar-refractivity contribution in [2.24, 2.45) is 0 Å². The number of amides is 1. The van der Waals surface area contributed by atoms with Gasteiger partial charge in [0.05, 0.1) is 10.9 Å². The molecule has 1 aliphatic rings. The molecule has 1 heterocycles. The molecule has 7 heteroatoms. The molecule has 2 N–H and O–H groups in total. The molecule has 1 fully saturated rings. The molecule has 0 aromatic heterocycles. The Bertz CT molecular complexity index is 561. The summed E-state index contributed by atoms with van der Waals surface area (Å²) in [6, 6.07) is 4.44. The highest BCUT2D eigenvalue weighted by molar-refractivity contribution is 9.10. The fourth-order valence-electron chi connectivity index (χ4n) is 2.26. The number of benzene rings is 1. The third-order valence-corrected chi connectivity index (χ3v) is 5.11. The van der Waals surface area contributed by atoms with Crippen LogP contribution in [-0.4, -0.2) is 34.0 Å². The lowest BCUT2D eigenvalue weighted by atomic mass is 9.92. The zero-order chi connectivity index (χ0) is 15.5. The molecule has 1 saturated heterocycles. The first-order valence-corrected chi connectivity index (χ1v) is 8.44. The van der Waals surface area contributed by atoms with Crippen LogP contribution in [0.3, 0.4) is 0 Å². The van der Waals surface area contributed by atoms with Gasteiger partial charge in [-0.1, -0.05) is 6.07 Å². The van der Waals surface area contributed by atoms with E-state index in [9.17, 15) is 19.1 Å². The minimum atomic E-state index is -1.18. The Morgan fingerprint density at radius 3 is 2.62 bits per heavy atom. The topological polar surface area (TPSA) is 66.4 Å². The number of nitrogens with one attached hydrogen (secondary N) is 1. The Morgan fingerprint density at radius 1 is 1.38 bits per heavy atom. The van der Waals surface area contributed by atoms with E-state index in [1.54, 1.807) is 17.8 Å². The van der Waals surface area contributed by atoms with Crippen molar-refractivity contribution in [3.63, 3.8) is 0 Å². The second-order valence-electron chi connectivity index (χ2n) is 4.97. The molecule has 1 aromatic rings. The molecule has 1 aliphatic heterocycles. The average Bonchev–Trinajstić information content (AvgIpc) is 2.43. The van der Waals surface area contributed by atoms with E-state index in [0.717, 1.165) is 0 Å². The van der Waals surface area contributed by atoms with Gasteiger partial charge >= 0.3 is 5.97 Å². The molecule has 21 heavy (non-hydrogen) atoms. The number of thioether (sulfide) groups is 1. The van der Waals surface area contributed by atoms with Crippen LogP contribution in [0.4, 0.5) is 4.39 Å². The molecule has 0 unspecified atom stereocenters. The number of hydrogen-bond acceptors (Lipinski definition) is 3. The molecule has 1 amide bonds.